The van der Waals surface area contributed by atoms with E-state index in [0.717, 1.165) is 25.3 Å². The fourth-order valence-electron chi connectivity index (χ4n) is 1.93. The standard InChI is InChI=1S/C10H15N3O2/c1-8-6-9(14)2-4-13(8)5-3-10-11-7-15-12-10/h7-8H,2-6H2,1H3. The minimum absolute atomic E-state index is 0.346. The van der Waals surface area contributed by atoms with Crippen molar-refractivity contribution in [3.63, 3.8) is 0 Å². The molecule has 0 saturated carbocycles. The second kappa shape index (κ2) is 4.53. The lowest BCUT2D eigenvalue weighted by molar-refractivity contribution is -0.122. The normalized spacial score (nSPS) is 23.3. The van der Waals surface area contributed by atoms with Crippen LogP contribution in [0.3, 0.4) is 0 Å². The highest BCUT2D eigenvalue weighted by molar-refractivity contribution is 5.79. The lowest BCUT2D eigenvalue weighted by Gasteiger charge is -2.32. The number of aromatic nitrogens is 2. The Bertz CT molecular complexity index is 323. The Morgan fingerprint density at radius 2 is 2.53 bits per heavy atom. The molecule has 1 fully saturated rings. The molecular weight excluding hydrogens is 194 g/mol. The summed E-state index contributed by atoms with van der Waals surface area (Å²) < 4.78 is 4.66. The number of ketones is 1. The highest BCUT2D eigenvalue weighted by Crippen LogP contribution is 2.13. The first-order valence-electron chi connectivity index (χ1n) is 5.26. The highest BCUT2D eigenvalue weighted by atomic mass is 16.5. The van der Waals surface area contributed by atoms with Crippen molar-refractivity contribution >= 4 is 5.78 Å². The van der Waals surface area contributed by atoms with Gasteiger partial charge < -0.3 is 4.52 Å². The first-order chi connectivity index (χ1) is 7.25. The van der Waals surface area contributed by atoms with Gasteiger partial charge >= 0.3 is 0 Å². The summed E-state index contributed by atoms with van der Waals surface area (Å²) in [6, 6.07) is 0.346. The molecule has 1 atom stereocenters. The SMILES string of the molecule is CC1CC(=O)CCN1CCc1ncon1. The third-order valence-corrected chi connectivity index (χ3v) is 2.85. The van der Waals surface area contributed by atoms with Gasteiger partial charge in [-0.3, -0.25) is 9.69 Å². The number of carbonyl (C=O) groups is 1. The van der Waals surface area contributed by atoms with Crippen LogP contribution < -0.4 is 0 Å². The van der Waals surface area contributed by atoms with E-state index in [1.54, 1.807) is 0 Å². The lowest BCUT2D eigenvalue weighted by Crippen LogP contribution is -2.42. The molecule has 5 heteroatoms. The Kier molecular flexibility index (Phi) is 3.11. The van der Waals surface area contributed by atoms with Crippen LogP contribution in [0.2, 0.25) is 0 Å². The number of nitrogens with zero attached hydrogens (tertiary/aromatic N) is 3. The van der Waals surface area contributed by atoms with E-state index in [2.05, 4.69) is 26.5 Å². The van der Waals surface area contributed by atoms with Gasteiger partial charge in [0.1, 0.15) is 5.78 Å². The predicted molar refractivity (Wildman–Crippen MR) is 53.3 cm³/mol. The third-order valence-electron chi connectivity index (χ3n) is 2.85. The molecule has 1 aromatic heterocycles. The average Bonchev–Trinajstić information content (AvgIpc) is 2.69. The summed E-state index contributed by atoms with van der Waals surface area (Å²) in [4.78, 5) is 17.5. The van der Waals surface area contributed by atoms with E-state index in [4.69, 9.17) is 0 Å². The van der Waals surface area contributed by atoms with Crippen LogP contribution >= 0.6 is 0 Å². The highest BCUT2D eigenvalue weighted by Gasteiger charge is 2.23. The molecule has 82 valence electrons. The van der Waals surface area contributed by atoms with Crippen molar-refractivity contribution in [2.24, 2.45) is 0 Å². The smallest absolute Gasteiger partial charge is 0.213 e. The number of piperidine rings is 1. The number of hydrogen-bond donors (Lipinski definition) is 0. The molecule has 0 radical (unpaired) electrons. The Hall–Kier alpha value is -1.23. The van der Waals surface area contributed by atoms with Crippen LogP contribution in [0.5, 0.6) is 0 Å². The van der Waals surface area contributed by atoms with E-state index in [0.29, 0.717) is 24.7 Å². The molecule has 0 spiro atoms. The maximum atomic E-state index is 11.2. The van der Waals surface area contributed by atoms with Gasteiger partial charge in [-0.1, -0.05) is 5.16 Å². The molecule has 0 bridgehead atoms. The van der Waals surface area contributed by atoms with E-state index in [1.165, 1.54) is 6.39 Å². The Morgan fingerprint density at radius 1 is 1.67 bits per heavy atom. The average molecular weight is 209 g/mol. The molecule has 5 nitrogen and oxygen atoms in total. The van der Waals surface area contributed by atoms with Gasteiger partial charge in [-0.25, -0.2) is 0 Å². The first-order valence-corrected chi connectivity index (χ1v) is 5.26. The van der Waals surface area contributed by atoms with Crippen LogP contribution in [0.1, 0.15) is 25.6 Å². The molecule has 1 saturated heterocycles. The molecule has 1 aromatic rings. The summed E-state index contributed by atoms with van der Waals surface area (Å²) >= 11 is 0. The molecule has 2 heterocycles. The second-order valence-corrected chi connectivity index (χ2v) is 3.98. The predicted octanol–water partition coefficient (Wildman–Crippen LogP) is 0.665. The van der Waals surface area contributed by atoms with Gasteiger partial charge in [0.15, 0.2) is 5.82 Å². The first kappa shape index (κ1) is 10.3. The van der Waals surface area contributed by atoms with Crippen molar-refractivity contribution < 1.29 is 9.32 Å². The molecular formula is C10H15N3O2. The van der Waals surface area contributed by atoms with Crippen LogP contribution in [-0.2, 0) is 11.2 Å². The number of rotatable bonds is 3. The van der Waals surface area contributed by atoms with Crippen molar-refractivity contribution in [3.8, 4) is 0 Å². The van der Waals surface area contributed by atoms with Gasteiger partial charge in [0.2, 0.25) is 6.39 Å². The Morgan fingerprint density at radius 3 is 3.20 bits per heavy atom. The van der Waals surface area contributed by atoms with Crippen LogP contribution in [0.4, 0.5) is 0 Å². The molecule has 0 N–H and O–H groups in total. The fourth-order valence-corrected chi connectivity index (χ4v) is 1.93. The summed E-state index contributed by atoms with van der Waals surface area (Å²) in [7, 11) is 0. The Labute approximate surface area is 88.5 Å². The molecule has 0 aromatic carbocycles. The lowest BCUT2D eigenvalue weighted by atomic mass is 10.0. The Balaban J connectivity index is 1.82. The van der Waals surface area contributed by atoms with Crippen molar-refractivity contribution in [1.29, 1.82) is 0 Å². The number of Topliss-reactive ketones (excluding diaryl/α,β-unsaturated/α-hetero) is 1. The van der Waals surface area contributed by atoms with Crippen LogP contribution in [0.15, 0.2) is 10.9 Å². The number of likely N-dealkylation sites (tertiary alicyclic amines) is 1. The van der Waals surface area contributed by atoms with Crippen molar-refractivity contribution in [1.82, 2.24) is 15.0 Å². The van der Waals surface area contributed by atoms with Crippen molar-refractivity contribution in [2.45, 2.75) is 32.2 Å². The van der Waals surface area contributed by atoms with E-state index in [9.17, 15) is 4.79 Å². The van der Waals surface area contributed by atoms with Crippen LogP contribution in [0.25, 0.3) is 0 Å². The maximum Gasteiger partial charge on any atom is 0.213 e. The number of carbonyl (C=O) groups excluding carboxylic acids is 1. The quantitative estimate of drug-likeness (QED) is 0.732. The van der Waals surface area contributed by atoms with Crippen molar-refractivity contribution in [2.75, 3.05) is 13.1 Å². The molecule has 1 aliphatic heterocycles. The minimum Gasteiger partial charge on any atom is -0.343 e. The molecule has 1 unspecified atom stereocenters. The van der Waals surface area contributed by atoms with Gasteiger partial charge in [0, 0.05) is 38.4 Å². The zero-order valence-electron chi connectivity index (χ0n) is 8.85. The van der Waals surface area contributed by atoms with E-state index in [1.807, 2.05) is 0 Å². The summed E-state index contributed by atoms with van der Waals surface area (Å²) in [5.41, 5.74) is 0. The second-order valence-electron chi connectivity index (χ2n) is 3.98. The van der Waals surface area contributed by atoms with Gasteiger partial charge in [0.05, 0.1) is 0 Å². The molecule has 0 amide bonds. The maximum absolute atomic E-state index is 11.2. The van der Waals surface area contributed by atoms with Gasteiger partial charge in [-0.05, 0) is 6.92 Å². The van der Waals surface area contributed by atoms with E-state index < -0.39 is 0 Å². The number of hydrogen-bond acceptors (Lipinski definition) is 5. The zero-order chi connectivity index (χ0) is 10.7. The van der Waals surface area contributed by atoms with Gasteiger partial charge in [-0.2, -0.15) is 4.98 Å². The molecule has 2 rings (SSSR count). The van der Waals surface area contributed by atoms with E-state index in [-0.39, 0.29) is 0 Å². The van der Waals surface area contributed by atoms with Crippen LogP contribution in [-0.4, -0.2) is 40.0 Å². The van der Waals surface area contributed by atoms with Gasteiger partial charge in [-0.15, -0.1) is 0 Å². The van der Waals surface area contributed by atoms with Gasteiger partial charge in [0.25, 0.3) is 0 Å². The van der Waals surface area contributed by atoms with Crippen molar-refractivity contribution in [3.05, 3.63) is 12.2 Å². The summed E-state index contributed by atoms with van der Waals surface area (Å²) in [6.45, 7) is 3.85. The topological polar surface area (TPSA) is 59.2 Å². The monoisotopic (exact) mass is 209 g/mol. The third kappa shape index (κ3) is 2.62. The zero-order valence-corrected chi connectivity index (χ0v) is 8.85. The minimum atomic E-state index is 0.346. The molecule has 15 heavy (non-hydrogen) atoms. The summed E-state index contributed by atoms with van der Waals surface area (Å²) in [6.07, 6.45) is 3.48. The summed E-state index contributed by atoms with van der Waals surface area (Å²) in [5.74, 6) is 1.11. The van der Waals surface area contributed by atoms with Crippen LogP contribution in [0, 0.1) is 0 Å². The fraction of sp³-hybridized carbons (Fsp3) is 0.700. The largest absolute Gasteiger partial charge is 0.343 e. The summed E-state index contributed by atoms with van der Waals surface area (Å²) in [5, 5.41) is 3.76. The van der Waals surface area contributed by atoms with E-state index >= 15 is 0 Å². The molecule has 1 aliphatic rings. The molecule has 0 aliphatic carbocycles.